The fourth-order valence-electron chi connectivity index (χ4n) is 3.48. The molecule has 4 aromatic carbocycles. The number of rotatable bonds is 6. The second-order valence-electron chi connectivity index (χ2n) is 7.62. The summed E-state index contributed by atoms with van der Waals surface area (Å²) < 4.78 is 41.6. The van der Waals surface area contributed by atoms with Crippen molar-refractivity contribution in [3.63, 3.8) is 0 Å². The van der Waals surface area contributed by atoms with E-state index in [1.807, 2.05) is 48.5 Å². The molecule has 0 atom stereocenters. The lowest BCUT2D eigenvalue weighted by Gasteiger charge is -2.11. The minimum Gasteiger partial charge on any atom is -0.321 e. The Balaban J connectivity index is 1.33. The zero-order valence-corrected chi connectivity index (χ0v) is 19.7. The van der Waals surface area contributed by atoms with Crippen LogP contribution in [0.5, 0.6) is 0 Å². The summed E-state index contributed by atoms with van der Waals surface area (Å²) in [6.45, 7) is 0. The van der Waals surface area contributed by atoms with Gasteiger partial charge < -0.3 is 5.32 Å². The maximum atomic E-state index is 13.1. The normalized spacial score (nSPS) is 11.3. The molecule has 0 fully saturated rings. The molecular formula is C26H18FN3O3S2. The summed E-state index contributed by atoms with van der Waals surface area (Å²) in [5.41, 5.74) is 2.96. The Morgan fingerprint density at radius 3 is 2.26 bits per heavy atom. The number of hydrogen-bond acceptors (Lipinski definition) is 5. The van der Waals surface area contributed by atoms with Crippen molar-refractivity contribution < 1.29 is 17.6 Å². The highest BCUT2D eigenvalue weighted by molar-refractivity contribution is 7.92. The molecule has 0 saturated heterocycles. The number of nitrogens with zero attached hydrogens (tertiary/aromatic N) is 1. The van der Waals surface area contributed by atoms with Crippen LogP contribution in [-0.4, -0.2) is 19.3 Å². The molecule has 5 aromatic rings. The Morgan fingerprint density at radius 2 is 1.51 bits per heavy atom. The first-order chi connectivity index (χ1) is 16.9. The number of sulfonamides is 1. The van der Waals surface area contributed by atoms with Crippen LogP contribution in [0.2, 0.25) is 0 Å². The maximum absolute atomic E-state index is 13.1. The highest BCUT2D eigenvalue weighted by Crippen LogP contribution is 2.34. The number of carbonyl (C=O) groups excluding carboxylic acids is 1. The zero-order chi connectivity index (χ0) is 24.4. The van der Waals surface area contributed by atoms with Crippen LogP contribution in [-0.2, 0) is 10.0 Å². The first-order valence-electron chi connectivity index (χ1n) is 10.5. The molecule has 6 nitrogen and oxygen atoms in total. The van der Waals surface area contributed by atoms with E-state index in [0.717, 1.165) is 32.9 Å². The number of thiazole rings is 1. The predicted octanol–water partition coefficient (Wildman–Crippen LogP) is 6.16. The number of carbonyl (C=O) groups is 1. The quantitative estimate of drug-likeness (QED) is 0.291. The molecule has 1 amide bonds. The number of nitrogens with one attached hydrogen (secondary N) is 2. The average molecular weight is 504 g/mol. The lowest BCUT2D eigenvalue weighted by atomic mass is 10.1. The van der Waals surface area contributed by atoms with Crippen molar-refractivity contribution in [2.24, 2.45) is 0 Å². The van der Waals surface area contributed by atoms with E-state index in [1.165, 1.54) is 36.4 Å². The standard InChI is InChI=1S/C26H18FN3O3S2/c27-18-11-15-20(16-12-18)35(32,33)30-19-13-9-17(10-14-19)25(31)28-22-6-2-1-5-21(22)26-29-23-7-3-4-8-24(23)34-26/h1-16,30H,(H,28,31). The Morgan fingerprint density at radius 1 is 0.829 bits per heavy atom. The first-order valence-corrected chi connectivity index (χ1v) is 12.8. The number of aromatic nitrogens is 1. The molecule has 174 valence electrons. The van der Waals surface area contributed by atoms with Gasteiger partial charge in [0.1, 0.15) is 10.8 Å². The molecule has 35 heavy (non-hydrogen) atoms. The zero-order valence-electron chi connectivity index (χ0n) is 18.1. The van der Waals surface area contributed by atoms with Crippen molar-refractivity contribution in [1.29, 1.82) is 0 Å². The van der Waals surface area contributed by atoms with Gasteiger partial charge >= 0.3 is 0 Å². The van der Waals surface area contributed by atoms with E-state index in [4.69, 9.17) is 0 Å². The topological polar surface area (TPSA) is 88.2 Å². The second-order valence-corrected chi connectivity index (χ2v) is 10.3. The van der Waals surface area contributed by atoms with Crippen LogP contribution in [0, 0.1) is 5.82 Å². The monoisotopic (exact) mass is 503 g/mol. The van der Waals surface area contributed by atoms with Crippen molar-refractivity contribution >= 4 is 48.9 Å². The van der Waals surface area contributed by atoms with E-state index in [9.17, 15) is 17.6 Å². The summed E-state index contributed by atoms with van der Waals surface area (Å²) >= 11 is 1.55. The highest BCUT2D eigenvalue weighted by atomic mass is 32.2. The largest absolute Gasteiger partial charge is 0.321 e. The Hall–Kier alpha value is -4.08. The number of benzene rings is 4. The molecule has 0 unspecified atom stereocenters. The third-order valence-corrected chi connectivity index (χ3v) is 7.69. The Labute approximate surface area is 205 Å². The molecule has 9 heteroatoms. The van der Waals surface area contributed by atoms with Gasteiger partial charge in [0.2, 0.25) is 0 Å². The number of anilines is 2. The summed E-state index contributed by atoms with van der Waals surface area (Å²) in [4.78, 5) is 17.5. The molecule has 0 bridgehead atoms. The Kier molecular flexibility index (Phi) is 6.02. The van der Waals surface area contributed by atoms with Gasteiger partial charge in [-0.3, -0.25) is 9.52 Å². The lowest BCUT2D eigenvalue weighted by molar-refractivity contribution is 0.102. The smallest absolute Gasteiger partial charge is 0.261 e. The minimum absolute atomic E-state index is 0.0628. The van der Waals surface area contributed by atoms with Crippen LogP contribution >= 0.6 is 11.3 Å². The summed E-state index contributed by atoms with van der Waals surface area (Å²) in [7, 11) is -3.88. The van der Waals surface area contributed by atoms with E-state index in [2.05, 4.69) is 15.0 Å². The molecule has 0 radical (unpaired) electrons. The van der Waals surface area contributed by atoms with Crippen LogP contribution in [0.3, 0.4) is 0 Å². The van der Waals surface area contributed by atoms with Gasteiger partial charge in [0.25, 0.3) is 15.9 Å². The van der Waals surface area contributed by atoms with Gasteiger partial charge in [0.15, 0.2) is 0 Å². The van der Waals surface area contributed by atoms with Crippen molar-refractivity contribution in [3.8, 4) is 10.6 Å². The van der Waals surface area contributed by atoms with E-state index >= 15 is 0 Å². The van der Waals surface area contributed by atoms with Crippen molar-refractivity contribution in [2.45, 2.75) is 4.90 Å². The molecular weight excluding hydrogens is 485 g/mol. The lowest BCUT2D eigenvalue weighted by Crippen LogP contribution is -2.14. The third kappa shape index (κ3) is 4.91. The fourth-order valence-corrected chi connectivity index (χ4v) is 5.54. The van der Waals surface area contributed by atoms with E-state index in [1.54, 1.807) is 11.3 Å². The van der Waals surface area contributed by atoms with Gasteiger partial charge in [-0.15, -0.1) is 11.3 Å². The molecule has 0 aliphatic carbocycles. The molecule has 5 rings (SSSR count). The number of fused-ring (bicyclic) bond motifs is 1. The molecule has 0 aliphatic rings. The maximum Gasteiger partial charge on any atom is 0.261 e. The van der Waals surface area contributed by atoms with E-state index < -0.39 is 15.8 Å². The SMILES string of the molecule is O=C(Nc1ccccc1-c1nc2ccccc2s1)c1ccc(NS(=O)(=O)c2ccc(F)cc2)cc1. The van der Waals surface area contributed by atoms with Gasteiger partial charge in [-0.25, -0.2) is 17.8 Å². The number of halogens is 1. The number of para-hydroxylation sites is 2. The van der Waals surface area contributed by atoms with Crippen LogP contribution in [0.15, 0.2) is 102 Å². The second kappa shape index (κ2) is 9.28. The van der Waals surface area contributed by atoms with Gasteiger partial charge in [-0.05, 0) is 72.8 Å². The molecule has 0 saturated carbocycles. The summed E-state index contributed by atoms with van der Waals surface area (Å²) in [5.74, 6) is -0.865. The van der Waals surface area contributed by atoms with Gasteiger partial charge in [0, 0.05) is 16.8 Å². The van der Waals surface area contributed by atoms with Crippen LogP contribution in [0.1, 0.15) is 10.4 Å². The molecule has 2 N–H and O–H groups in total. The van der Waals surface area contributed by atoms with Crippen LogP contribution < -0.4 is 10.0 Å². The number of amides is 1. The highest BCUT2D eigenvalue weighted by Gasteiger charge is 2.16. The summed E-state index contributed by atoms with van der Waals surface area (Å²) in [5, 5.41) is 3.72. The van der Waals surface area contributed by atoms with E-state index in [-0.39, 0.29) is 16.5 Å². The Bertz CT molecular complexity index is 1600. The third-order valence-electron chi connectivity index (χ3n) is 5.22. The molecule has 0 spiro atoms. The minimum atomic E-state index is -3.88. The van der Waals surface area contributed by atoms with Gasteiger partial charge in [-0.2, -0.15) is 0 Å². The molecule has 0 aliphatic heterocycles. The van der Waals surface area contributed by atoms with Crippen molar-refractivity contribution in [3.05, 3.63) is 108 Å². The van der Waals surface area contributed by atoms with Crippen molar-refractivity contribution in [2.75, 3.05) is 10.0 Å². The van der Waals surface area contributed by atoms with Crippen LogP contribution in [0.25, 0.3) is 20.8 Å². The summed E-state index contributed by atoms with van der Waals surface area (Å²) in [6.07, 6.45) is 0. The summed E-state index contributed by atoms with van der Waals surface area (Å²) in [6, 6.07) is 25.8. The van der Waals surface area contributed by atoms with Gasteiger partial charge in [0.05, 0.1) is 20.8 Å². The molecule has 1 aromatic heterocycles. The first kappa shape index (κ1) is 22.7. The van der Waals surface area contributed by atoms with Crippen LogP contribution in [0.4, 0.5) is 15.8 Å². The predicted molar refractivity (Wildman–Crippen MR) is 137 cm³/mol. The number of hydrogen-bond donors (Lipinski definition) is 2. The average Bonchev–Trinajstić information content (AvgIpc) is 3.29. The fraction of sp³-hybridized carbons (Fsp3) is 0. The van der Waals surface area contributed by atoms with Gasteiger partial charge in [-0.1, -0.05) is 24.3 Å². The molecule has 1 heterocycles. The van der Waals surface area contributed by atoms with Crippen molar-refractivity contribution in [1.82, 2.24) is 4.98 Å². The van der Waals surface area contributed by atoms with E-state index in [0.29, 0.717) is 11.3 Å².